The highest BCUT2D eigenvalue weighted by Gasteiger charge is 2.54. The summed E-state index contributed by atoms with van der Waals surface area (Å²) in [4.78, 5) is 41.3. The average molecular weight is 567 g/mol. The van der Waals surface area contributed by atoms with Gasteiger partial charge in [-0.1, -0.05) is 67.5 Å². The Balaban J connectivity index is 1.83. The summed E-state index contributed by atoms with van der Waals surface area (Å²) in [5.74, 6) is -0.894. The van der Waals surface area contributed by atoms with Gasteiger partial charge in [0.25, 0.3) is 0 Å². The fraction of sp³-hybridized carbons (Fsp3) is 0.545. The molecular weight excluding hydrogens is 520 g/mol. The van der Waals surface area contributed by atoms with Crippen molar-refractivity contribution in [3.05, 3.63) is 66.8 Å². The van der Waals surface area contributed by atoms with Gasteiger partial charge in [0.05, 0.1) is 19.3 Å². The van der Waals surface area contributed by atoms with E-state index < -0.39 is 35.3 Å². The van der Waals surface area contributed by atoms with E-state index in [-0.39, 0.29) is 18.4 Å². The van der Waals surface area contributed by atoms with E-state index in [1.54, 1.807) is 27.9 Å². The second-order valence-electron chi connectivity index (χ2n) is 11.8. The van der Waals surface area contributed by atoms with Gasteiger partial charge < -0.3 is 24.4 Å². The van der Waals surface area contributed by atoms with Gasteiger partial charge >= 0.3 is 12.1 Å². The smallest absolute Gasteiger partial charge is 0.408 e. The number of unbranched alkanes of at least 4 members (excludes halogenated alkanes) is 3. The SMILES string of the molecule is C=CCCCCC[C@H](NC(=O)OC(C)(C)C)C(=O)N1C[C@](OC)(C2C=CC(c3ccccc3)=CC2)C[C@H]1C(=O)OC. The van der Waals surface area contributed by atoms with Crippen LogP contribution in [0.4, 0.5) is 4.79 Å². The summed E-state index contributed by atoms with van der Waals surface area (Å²) in [6, 6.07) is 8.47. The van der Waals surface area contributed by atoms with Crippen LogP contribution in [0.3, 0.4) is 0 Å². The third-order valence-corrected chi connectivity index (χ3v) is 7.79. The quantitative estimate of drug-likeness (QED) is 0.194. The largest absolute Gasteiger partial charge is 0.467 e. The molecule has 1 aromatic carbocycles. The summed E-state index contributed by atoms with van der Waals surface area (Å²) < 4.78 is 16.7. The number of ether oxygens (including phenoxy) is 3. The van der Waals surface area contributed by atoms with E-state index in [0.29, 0.717) is 19.3 Å². The molecule has 0 radical (unpaired) electrons. The molecule has 41 heavy (non-hydrogen) atoms. The predicted octanol–water partition coefficient (Wildman–Crippen LogP) is 5.84. The molecule has 0 bridgehead atoms. The Morgan fingerprint density at radius 1 is 1.15 bits per heavy atom. The Hall–Kier alpha value is -3.39. The van der Waals surface area contributed by atoms with Crippen molar-refractivity contribution in [1.29, 1.82) is 0 Å². The highest BCUT2D eigenvalue weighted by Crippen LogP contribution is 2.42. The van der Waals surface area contributed by atoms with Crippen LogP contribution in [0.1, 0.15) is 71.3 Å². The fourth-order valence-electron chi connectivity index (χ4n) is 5.62. The molecule has 1 aliphatic carbocycles. The first-order valence-corrected chi connectivity index (χ1v) is 14.5. The summed E-state index contributed by atoms with van der Waals surface area (Å²) >= 11 is 0. The van der Waals surface area contributed by atoms with Crippen LogP contribution in [-0.4, -0.2) is 66.9 Å². The Labute approximate surface area is 244 Å². The van der Waals surface area contributed by atoms with E-state index in [1.165, 1.54) is 12.0 Å². The van der Waals surface area contributed by atoms with Gasteiger partial charge in [-0.2, -0.15) is 0 Å². The van der Waals surface area contributed by atoms with Crippen LogP contribution >= 0.6 is 0 Å². The van der Waals surface area contributed by atoms with Crippen molar-refractivity contribution in [1.82, 2.24) is 10.2 Å². The molecule has 1 aliphatic heterocycles. The van der Waals surface area contributed by atoms with Crippen molar-refractivity contribution >= 4 is 23.5 Å². The maximum Gasteiger partial charge on any atom is 0.408 e. The van der Waals surface area contributed by atoms with E-state index in [4.69, 9.17) is 14.2 Å². The summed E-state index contributed by atoms with van der Waals surface area (Å²) in [6.07, 6.45) is 12.4. The lowest BCUT2D eigenvalue weighted by molar-refractivity contribution is -0.151. The number of hydrogen-bond acceptors (Lipinski definition) is 6. The molecule has 1 unspecified atom stereocenters. The first-order valence-electron chi connectivity index (χ1n) is 14.5. The number of allylic oxidation sites excluding steroid dienone is 4. The van der Waals surface area contributed by atoms with Crippen molar-refractivity contribution in [2.24, 2.45) is 5.92 Å². The van der Waals surface area contributed by atoms with Crippen LogP contribution in [0.15, 0.2) is 61.2 Å². The lowest BCUT2D eigenvalue weighted by atomic mass is 9.79. The zero-order valence-electron chi connectivity index (χ0n) is 25.2. The van der Waals surface area contributed by atoms with Crippen LogP contribution in [0, 0.1) is 5.92 Å². The van der Waals surface area contributed by atoms with Gasteiger partial charge in [-0.05, 0) is 57.6 Å². The van der Waals surface area contributed by atoms with Gasteiger partial charge in [0.2, 0.25) is 5.91 Å². The topological polar surface area (TPSA) is 94.2 Å². The monoisotopic (exact) mass is 566 g/mol. The summed E-state index contributed by atoms with van der Waals surface area (Å²) in [5, 5.41) is 2.78. The number of amides is 2. The number of benzene rings is 1. The van der Waals surface area contributed by atoms with Crippen molar-refractivity contribution in [3.63, 3.8) is 0 Å². The van der Waals surface area contributed by atoms with E-state index in [0.717, 1.165) is 36.8 Å². The summed E-state index contributed by atoms with van der Waals surface area (Å²) in [7, 11) is 2.95. The maximum atomic E-state index is 14.1. The number of carbonyl (C=O) groups excluding carboxylic acids is 3. The molecule has 0 aromatic heterocycles. The van der Waals surface area contributed by atoms with E-state index in [9.17, 15) is 14.4 Å². The third kappa shape index (κ3) is 8.55. The fourth-order valence-corrected chi connectivity index (χ4v) is 5.62. The van der Waals surface area contributed by atoms with Gasteiger partial charge in [0.1, 0.15) is 17.7 Å². The lowest BCUT2D eigenvalue weighted by Gasteiger charge is -2.36. The number of hydrogen-bond donors (Lipinski definition) is 1. The zero-order chi connectivity index (χ0) is 30.0. The second-order valence-corrected chi connectivity index (χ2v) is 11.8. The number of carbonyl (C=O) groups is 3. The number of nitrogens with zero attached hydrogens (tertiary/aromatic N) is 1. The molecule has 1 saturated heterocycles. The van der Waals surface area contributed by atoms with Gasteiger partial charge in [-0.25, -0.2) is 9.59 Å². The van der Waals surface area contributed by atoms with E-state index >= 15 is 0 Å². The Bertz CT molecular complexity index is 1120. The van der Waals surface area contributed by atoms with Crippen LogP contribution in [0.25, 0.3) is 5.57 Å². The molecule has 2 aliphatic rings. The van der Waals surface area contributed by atoms with Gasteiger partial charge in [-0.3, -0.25) is 4.79 Å². The Morgan fingerprint density at radius 2 is 1.88 bits per heavy atom. The second kappa shape index (κ2) is 14.5. The minimum atomic E-state index is -0.847. The Morgan fingerprint density at radius 3 is 2.46 bits per heavy atom. The molecule has 1 heterocycles. The molecule has 0 saturated carbocycles. The molecule has 3 rings (SSSR count). The molecule has 8 heteroatoms. The van der Waals surface area contributed by atoms with Gasteiger partial charge in [-0.15, -0.1) is 6.58 Å². The molecule has 1 fully saturated rings. The number of esters is 1. The Kier molecular flexibility index (Phi) is 11.4. The molecular formula is C33H46N2O6. The normalized spacial score (nSPS) is 23.0. The molecule has 224 valence electrons. The minimum Gasteiger partial charge on any atom is -0.467 e. The summed E-state index contributed by atoms with van der Waals surface area (Å²) in [5.41, 5.74) is 0.758. The van der Waals surface area contributed by atoms with Crippen molar-refractivity contribution in [3.8, 4) is 0 Å². The van der Waals surface area contributed by atoms with E-state index in [1.807, 2.05) is 24.3 Å². The number of alkyl carbamates (subject to hydrolysis) is 1. The third-order valence-electron chi connectivity index (χ3n) is 7.79. The van der Waals surface area contributed by atoms with Crippen LogP contribution in [0.5, 0.6) is 0 Å². The number of likely N-dealkylation sites (tertiary alicyclic amines) is 1. The highest BCUT2D eigenvalue weighted by molar-refractivity contribution is 5.90. The minimum absolute atomic E-state index is 0.0545. The van der Waals surface area contributed by atoms with Gasteiger partial charge in [0, 0.05) is 19.4 Å². The highest BCUT2D eigenvalue weighted by atomic mass is 16.6. The predicted molar refractivity (Wildman–Crippen MR) is 160 cm³/mol. The maximum absolute atomic E-state index is 14.1. The van der Waals surface area contributed by atoms with Crippen LogP contribution in [-0.2, 0) is 23.8 Å². The standard InChI is InChI=1S/C33H46N2O6/c1-7-8-9-10-14-17-27(34-31(38)41-32(2,3)4)29(36)35-23-33(40-6,22-28(35)30(37)39-5)26-20-18-25(19-21-26)24-15-12-11-13-16-24/h7,11-13,15-16,18-20,26-28H,1,8-10,14,17,21-23H2,2-6H3,(H,34,38)/t26?,27-,28-,33-/m0/s1. The van der Waals surface area contributed by atoms with Crippen molar-refractivity contribution < 1.29 is 28.6 Å². The van der Waals surface area contributed by atoms with Crippen LogP contribution < -0.4 is 5.32 Å². The first kappa shape index (κ1) is 32.1. The average Bonchev–Trinajstić information content (AvgIpc) is 3.36. The molecule has 4 atom stereocenters. The number of methoxy groups -OCH3 is 2. The lowest BCUT2D eigenvalue weighted by Crippen LogP contribution is -2.53. The molecule has 8 nitrogen and oxygen atoms in total. The number of nitrogens with one attached hydrogen (secondary N) is 1. The van der Waals surface area contributed by atoms with Gasteiger partial charge in [0.15, 0.2) is 0 Å². The molecule has 1 aromatic rings. The van der Waals surface area contributed by atoms with Crippen molar-refractivity contribution in [2.75, 3.05) is 20.8 Å². The zero-order valence-corrected chi connectivity index (χ0v) is 25.2. The van der Waals surface area contributed by atoms with Crippen molar-refractivity contribution in [2.45, 2.75) is 89.0 Å². The molecule has 1 N–H and O–H groups in total. The summed E-state index contributed by atoms with van der Waals surface area (Å²) in [6.45, 7) is 9.28. The molecule has 2 amide bonds. The van der Waals surface area contributed by atoms with E-state index in [2.05, 4.69) is 42.3 Å². The first-order chi connectivity index (χ1) is 19.5. The molecule has 0 spiro atoms. The number of rotatable bonds is 12. The van der Waals surface area contributed by atoms with Crippen LogP contribution in [0.2, 0.25) is 0 Å².